The maximum atomic E-state index is 11.2. The Labute approximate surface area is 303 Å². The molecular weight excluding hydrogens is 633 g/mol. The van der Waals surface area contributed by atoms with Crippen LogP contribution in [0.2, 0.25) is 0 Å². The lowest BCUT2D eigenvalue weighted by Crippen LogP contribution is -2.25. The number of unbranched alkanes of at least 4 members (excludes halogenated alkanes) is 10. The molecule has 0 fully saturated rings. The van der Waals surface area contributed by atoms with Crippen LogP contribution in [0.4, 0.5) is 11.4 Å². The fourth-order valence-electron chi connectivity index (χ4n) is 7.61. The molecule has 4 aromatic rings. The molecule has 266 valence electrons. The zero-order chi connectivity index (χ0) is 36.1. The second kappa shape index (κ2) is 18.4. The van der Waals surface area contributed by atoms with Crippen molar-refractivity contribution in [1.82, 2.24) is 0 Å². The van der Waals surface area contributed by atoms with Crippen molar-refractivity contribution in [3.05, 3.63) is 139 Å². The Bertz CT molecular complexity index is 1690. The highest BCUT2D eigenvalue weighted by Gasteiger charge is 2.42. The minimum atomic E-state index is -0.365. The first kappa shape index (κ1) is 37.4. The second-order valence-corrected chi connectivity index (χ2v) is 14.1. The highest BCUT2D eigenvalue weighted by atomic mass is 16.6. The fourth-order valence-corrected chi connectivity index (χ4v) is 7.61. The summed E-state index contributed by atoms with van der Waals surface area (Å²) in [5.41, 5.74) is 9.71. The lowest BCUT2D eigenvalue weighted by atomic mass is 9.70. The number of nitro benzene ring substituents is 2. The number of hydrogen-bond acceptors (Lipinski definition) is 4. The van der Waals surface area contributed by atoms with Crippen LogP contribution in [-0.2, 0) is 5.41 Å². The molecule has 0 saturated carbocycles. The van der Waals surface area contributed by atoms with Crippen molar-refractivity contribution in [3.63, 3.8) is 0 Å². The summed E-state index contributed by atoms with van der Waals surface area (Å²) in [4.78, 5) is 21.6. The van der Waals surface area contributed by atoms with Crippen LogP contribution in [0, 0.1) is 20.2 Å². The summed E-state index contributed by atoms with van der Waals surface area (Å²) in [6.07, 6.45) is 25.6. The molecule has 0 radical (unpaired) electrons. The monoisotopic (exact) mass is 684 g/mol. The quantitative estimate of drug-likeness (QED) is 0.0401. The third-order valence-corrected chi connectivity index (χ3v) is 10.5. The van der Waals surface area contributed by atoms with Crippen LogP contribution in [0.1, 0.15) is 137 Å². The van der Waals surface area contributed by atoms with Crippen molar-refractivity contribution in [3.8, 4) is 11.1 Å². The summed E-state index contributed by atoms with van der Waals surface area (Å²) in [7, 11) is 0. The average Bonchev–Trinajstić information content (AvgIpc) is 3.41. The Balaban J connectivity index is 1.51. The minimum absolute atomic E-state index is 0.0887. The van der Waals surface area contributed by atoms with Crippen molar-refractivity contribution >= 4 is 35.7 Å². The molecule has 0 spiro atoms. The zero-order valence-corrected chi connectivity index (χ0v) is 30.3. The van der Waals surface area contributed by atoms with E-state index in [0.717, 1.165) is 35.1 Å². The molecule has 0 unspecified atom stereocenters. The molecule has 1 aliphatic rings. The van der Waals surface area contributed by atoms with Crippen molar-refractivity contribution in [1.29, 1.82) is 0 Å². The number of rotatable bonds is 20. The van der Waals surface area contributed by atoms with Gasteiger partial charge in [0.05, 0.1) is 9.85 Å². The molecule has 51 heavy (non-hydrogen) atoms. The van der Waals surface area contributed by atoms with Gasteiger partial charge in [-0.3, -0.25) is 20.2 Å². The summed E-state index contributed by atoms with van der Waals surface area (Å²) in [6.45, 7) is 4.53. The van der Waals surface area contributed by atoms with E-state index in [4.69, 9.17) is 0 Å². The highest BCUT2D eigenvalue weighted by Crippen LogP contribution is 2.55. The summed E-state index contributed by atoms with van der Waals surface area (Å²) >= 11 is 0. The van der Waals surface area contributed by atoms with E-state index < -0.39 is 0 Å². The van der Waals surface area contributed by atoms with Crippen LogP contribution in [-0.4, -0.2) is 9.85 Å². The van der Waals surface area contributed by atoms with E-state index in [1.807, 2.05) is 12.2 Å². The first-order valence-electron chi connectivity index (χ1n) is 19.0. The standard InChI is InChI=1S/C45H52N2O4/c1-3-5-7-9-11-13-31-45(32-14-12-10-8-6-4-2)43-33-37(17-15-35-19-25-39(26-20-35)46(48)49)23-29-41(43)42-30-24-38(34-44(42)45)18-16-36-21-27-40(28-22-36)47(50)51/h15-30,33-34H,3-14,31-32H2,1-2H3/b17-15+,18-16+. The Morgan fingerprint density at radius 3 is 1.18 bits per heavy atom. The smallest absolute Gasteiger partial charge is 0.258 e. The Kier molecular flexibility index (Phi) is 13.5. The largest absolute Gasteiger partial charge is 0.269 e. The molecule has 0 amide bonds. The lowest BCUT2D eigenvalue weighted by molar-refractivity contribution is -0.385. The van der Waals surface area contributed by atoms with Crippen LogP contribution in [0.15, 0.2) is 84.9 Å². The van der Waals surface area contributed by atoms with Gasteiger partial charge in [0.15, 0.2) is 0 Å². The number of hydrogen-bond donors (Lipinski definition) is 0. The predicted molar refractivity (Wildman–Crippen MR) is 213 cm³/mol. The summed E-state index contributed by atoms with van der Waals surface area (Å²) < 4.78 is 0. The molecule has 0 atom stereocenters. The number of nitro groups is 2. The van der Waals surface area contributed by atoms with E-state index in [-0.39, 0.29) is 26.6 Å². The van der Waals surface area contributed by atoms with Gasteiger partial charge >= 0.3 is 0 Å². The number of benzene rings is 4. The van der Waals surface area contributed by atoms with Gasteiger partial charge < -0.3 is 0 Å². The topological polar surface area (TPSA) is 86.3 Å². The molecule has 5 rings (SSSR count). The lowest BCUT2D eigenvalue weighted by Gasteiger charge is -2.33. The molecule has 4 aromatic carbocycles. The summed E-state index contributed by atoms with van der Waals surface area (Å²) in [6, 6.07) is 27.2. The van der Waals surface area contributed by atoms with E-state index in [1.54, 1.807) is 48.5 Å². The van der Waals surface area contributed by atoms with E-state index >= 15 is 0 Å². The maximum absolute atomic E-state index is 11.2. The van der Waals surface area contributed by atoms with Crippen molar-refractivity contribution in [2.75, 3.05) is 0 Å². The SMILES string of the molecule is CCCCCCCCC1(CCCCCCCC)c2cc(/C=C/c3ccc([N+](=O)[O-])cc3)ccc2-c2ccc(/C=C/c3ccc([N+](=O)[O-])cc3)cc21. The fraction of sp³-hybridized carbons (Fsp3) is 0.378. The molecule has 0 heterocycles. The van der Waals surface area contributed by atoms with Crippen LogP contribution < -0.4 is 0 Å². The molecular formula is C45H52N2O4. The molecule has 0 aliphatic heterocycles. The van der Waals surface area contributed by atoms with E-state index in [2.05, 4.69) is 62.4 Å². The van der Waals surface area contributed by atoms with Gasteiger partial charge in [-0.25, -0.2) is 0 Å². The molecule has 0 aromatic heterocycles. The number of fused-ring (bicyclic) bond motifs is 3. The molecule has 0 N–H and O–H groups in total. The third kappa shape index (κ3) is 9.69. The van der Waals surface area contributed by atoms with Gasteiger partial charge in [-0.2, -0.15) is 0 Å². The highest BCUT2D eigenvalue weighted by molar-refractivity contribution is 5.85. The molecule has 0 saturated heterocycles. The average molecular weight is 685 g/mol. The summed E-state index contributed by atoms with van der Waals surface area (Å²) in [5.74, 6) is 0. The molecule has 1 aliphatic carbocycles. The molecule has 6 nitrogen and oxygen atoms in total. The van der Waals surface area contributed by atoms with Crippen molar-refractivity contribution < 1.29 is 9.85 Å². The van der Waals surface area contributed by atoms with Gasteiger partial charge in [-0.05, 0) is 81.6 Å². The van der Waals surface area contributed by atoms with Gasteiger partial charge in [-0.15, -0.1) is 0 Å². The first-order valence-corrected chi connectivity index (χ1v) is 19.0. The zero-order valence-electron chi connectivity index (χ0n) is 30.3. The molecule has 0 bridgehead atoms. The third-order valence-electron chi connectivity index (χ3n) is 10.5. The van der Waals surface area contributed by atoms with Crippen LogP contribution >= 0.6 is 0 Å². The second-order valence-electron chi connectivity index (χ2n) is 14.1. The van der Waals surface area contributed by atoms with Gasteiger partial charge in [0.25, 0.3) is 11.4 Å². The number of non-ortho nitro benzene ring substituents is 2. The van der Waals surface area contributed by atoms with Crippen LogP contribution in [0.5, 0.6) is 0 Å². The van der Waals surface area contributed by atoms with Crippen LogP contribution in [0.25, 0.3) is 35.4 Å². The van der Waals surface area contributed by atoms with Gasteiger partial charge in [0.1, 0.15) is 0 Å². The minimum Gasteiger partial charge on any atom is -0.258 e. The summed E-state index contributed by atoms with van der Waals surface area (Å²) in [5, 5.41) is 22.3. The van der Waals surface area contributed by atoms with Gasteiger partial charge in [0.2, 0.25) is 0 Å². The van der Waals surface area contributed by atoms with Crippen LogP contribution in [0.3, 0.4) is 0 Å². The van der Waals surface area contributed by atoms with E-state index in [1.165, 1.54) is 99.3 Å². The number of nitrogens with zero attached hydrogens (tertiary/aromatic N) is 2. The Hall–Kier alpha value is -4.84. The molecule has 6 heteroatoms. The normalized spacial score (nSPS) is 13.1. The van der Waals surface area contributed by atoms with Crippen molar-refractivity contribution in [2.24, 2.45) is 0 Å². The van der Waals surface area contributed by atoms with Gasteiger partial charge in [0, 0.05) is 29.7 Å². The first-order chi connectivity index (χ1) is 24.8. The van der Waals surface area contributed by atoms with E-state index in [9.17, 15) is 20.2 Å². The predicted octanol–water partition coefficient (Wildman–Crippen LogP) is 13.6. The van der Waals surface area contributed by atoms with E-state index in [0.29, 0.717) is 0 Å². The van der Waals surface area contributed by atoms with Gasteiger partial charge in [-0.1, -0.05) is 152 Å². The Morgan fingerprint density at radius 2 is 0.804 bits per heavy atom. The maximum Gasteiger partial charge on any atom is 0.269 e. The Morgan fingerprint density at radius 1 is 0.471 bits per heavy atom. The van der Waals surface area contributed by atoms with Crippen molar-refractivity contribution in [2.45, 2.75) is 109 Å².